The predicted octanol–water partition coefficient (Wildman–Crippen LogP) is 3.84. The number of carbonyl (C=O) groups excluding carboxylic acids is 2. The maximum absolute atomic E-state index is 12.3. The quantitative estimate of drug-likeness (QED) is 0.234. The molecule has 27 heavy (non-hydrogen) atoms. The van der Waals surface area contributed by atoms with Crippen molar-refractivity contribution in [3.8, 4) is 0 Å². The lowest BCUT2D eigenvalue weighted by Gasteiger charge is -2.34. The zero-order chi connectivity index (χ0) is 19.9. The Bertz CT molecular complexity index is 792. The molecule has 0 atom stereocenters. The van der Waals surface area contributed by atoms with E-state index >= 15 is 0 Å². The summed E-state index contributed by atoms with van der Waals surface area (Å²) < 4.78 is 0. The second kappa shape index (κ2) is 9.28. The normalized spacial score (nSPS) is 16.7. The fraction of sp³-hybridized carbons (Fsp3) is 0.381. The fourth-order valence-electron chi connectivity index (χ4n) is 3.42. The molecule has 0 fully saturated rings. The molecule has 2 amide bonds. The highest BCUT2D eigenvalue weighted by Crippen LogP contribution is 2.41. The summed E-state index contributed by atoms with van der Waals surface area (Å²) in [7, 11) is 0. The molecule has 6 nitrogen and oxygen atoms in total. The predicted molar refractivity (Wildman–Crippen MR) is 106 cm³/mol. The average molecular weight is 369 g/mol. The van der Waals surface area contributed by atoms with Crippen molar-refractivity contribution in [2.75, 3.05) is 0 Å². The van der Waals surface area contributed by atoms with Crippen molar-refractivity contribution in [2.45, 2.75) is 46.5 Å². The summed E-state index contributed by atoms with van der Waals surface area (Å²) in [6.45, 7) is 6.69. The number of hydrogen-bond acceptors (Lipinski definition) is 4. The SMILES string of the molecule is CC1=C(C/C=N/NC(=O)c2cccc(/C=C/C(=O)NO)c2)C(C)(C)CCC1. The van der Waals surface area contributed by atoms with Crippen LogP contribution >= 0.6 is 0 Å². The first kappa shape index (κ1) is 20.6. The van der Waals surface area contributed by atoms with Crippen LogP contribution in [0.3, 0.4) is 0 Å². The molecule has 0 radical (unpaired) electrons. The van der Waals surface area contributed by atoms with Crippen molar-refractivity contribution in [3.63, 3.8) is 0 Å². The Morgan fingerprint density at radius 1 is 1.33 bits per heavy atom. The van der Waals surface area contributed by atoms with E-state index in [9.17, 15) is 9.59 Å². The summed E-state index contributed by atoms with van der Waals surface area (Å²) in [4.78, 5) is 23.3. The van der Waals surface area contributed by atoms with E-state index in [0.29, 0.717) is 11.1 Å². The van der Waals surface area contributed by atoms with Gasteiger partial charge in [0.15, 0.2) is 0 Å². The number of benzene rings is 1. The standard InChI is InChI=1S/C21H27N3O3/c1-15-6-5-12-21(2,3)18(15)11-13-22-23-20(26)17-8-4-7-16(14-17)9-10-19(25)24-27/h4,7-10,13-14,27H,5-6,11-12H2,1-3H3,(H,23,26)(H,24,25)/b10-9+,22-13+. The van der Waals surface area contributed by atoms with Crippen LogP contribution in [-0.2, 0) is 4.79 Å². The van der Waals surface area contributed by atoms with Gasteiger partial charge in [-0.25, -0.2) is 10.9 Å². The van der Waals surface area contributed by atoms with E-state index in [0.717, 1.165) is 12.8 Å². The Labute approximate surface area is 160 Å². The first-order valence-electron chi connectivity index (χ1n) is 9.06. The number of nitrogens with zero attached hydrogens (tertiary/aromatic N) is 1. The van der Waals surface area contributed by atoms with Crippen molar-refractivity contribution in [1.29, 1.82) is 0 Å². The zero-order valence-electron chi connectivity index (χ0n) is 16.1. The van der Waals surface area contributed by atoms with E-state index in [1.54, 1.807) is 30.5 Å². The van der Waals surface area contributed by atoms with Gasteiger partial charge in [0, 0.05) is 24.3 Å². The van der Waals surface area contributed by atoms with Crippen molar-refractivity contribution in [1.82, 2.24) is 10.9 Å². The summed E-state index contributed by atoms with van der Waals surface area (Å²) in [5.74, 6) is -0.952. The summed E-state index contributed by atoms with van der Waals surface area (Å²) in [6.07, 6.45) is 8.70. The third-order valence-corrected chi connectivity index (χ3v) is 4.92. The van der Waals surface area contributed by atoms with Gasteiger partial charge in [-0.05, 0) is 55.4 Å². The second-order valence-electron chi connectivity index (χ2n) is 7.39. The Morgan fingerprint density at radius 2 is 2.11 bits per heavy atom. The molecule has 0 aromatic heterocycles. The maximum Gasteiger partial charge on any atom is 0.271 e. The lowest BCUT2D eigenvalue weighted by molar-refractivity contribution is -0.124. The number of carbonyl (C=O) groups is 2. The number of allylic oxidation sites excluding steroid dienone is 2. The number of amides is 2. The average Bonchev–Trinajstić information content (AvgIpc) is 2.64. The van der Waals surface area contributed by atoms with Gasteiger partial charge in [-0.15, -0.1) is 0 Å². The monoisotopic (exact) mass is 369 g/mol. The smallest absolute Gasteiger partial charge is 0.271 e. The summed E-state index contributed by atoms with van der Waals surface area (Å²) in [5, 5.41) is 12.6. The largest absolute Gasteiger partial charge is 0.288 e. The molecule has 0 unspecified atom stereocenters. The first-order valence-corrected chi connectivity index (χ1v) is 9.06. The van der Waals surface area contributed by atoms with Crippen LogP contribution in [0.5, 0.6) is 0 Å². The van der Waals surface area contributed by atoms with Gasteiger partial charge in [0.1, 0.15) is 0 Å². The van der Waals surface area contributed by atoms with Crippen LogP contribution in [0.4, 0.5) is 0 Å². The molecule has 0 saturated carbocycles. The van der Waals surface area contributed by atoms with Gasteiger partial charge in [-0.2, -0.15) is 5.10 Å². The van der Waals surface area contributed by atoms with E-state index in [1.807, 2.05) is 0 Å². The second-order valence-corrected chi connectivity index (χ2v) is 7.39. The Balaban J connectivity index is 1.97. The molecule has 0 aliphatic heterocycles. The van der Waals surface area contributed by atoms with Gasteiger partial charge < -0.3 is 0 Å². The molecule has 144 valence electrons. The van der Waals surface area contributed by atoms with Crippen LogP contribution in [0.1, 0.15) is 62.4 Å². The molecule has 0 spiro atoms. The molecule has 1 aliphatic carbocycles. The lowest BCUT2D eigenvalue weighted by atomic mass is 9.72. The number of rotatable bonds is 6. The number of nitrogens with one attached hydrogen (secondary N) is 2. The van der Waals surface area contributed by atoms with Crippen LogP contribution in [0.25, 0.3) is 6.08 Å². The van der Waals surface area contributed by atoms with Gasteiger partial charge in [0.25, 0.3) is 11.8 Å². The van der Waals surface area contributed by atoms with Crippen LogP contribution < -0.4 is 10.9 Å². The molecule has 0 bridgehead atoms. The molecule has 1 aromatic rings. The van der Waals surface area contributed by atoms with Crippen LogP contribution in [0.2, 0.25) is 0 Å². The van der Waals surface area contributed by atoms with Gasteiger partial charge in [-0.1, -0.05) is 37.1 Å². The summed E-state index contributed by atoms with van der Waals surface area (Å²) >= 11 is 0. The van der Waals surface area contributed by atoms with E-state index in [4.69, 9.17) is 5.21 Å². The Kier molecular flexibility index (Phi) is 7.07. The Hall–Kier alpha value is -2.73. The highest BCUT2D eigenvalue weighted by atomic mass is 16.5. The molecule has 6 heteroatoms. The van der Waals surface area contributed by atoms with Crippen molar-refractivity contribution in [2.24, 2.45) is 10.5 Å². The van der Waals surface area contributed by atoms with Crippen molar-refractivity contribution >= 4 is 24.1 Å². The van der Waals surface area contributed by atoms with Crippen LogP contribution in [-0.4, -0.2) is 23.2 Å². The summed E-state index contributed by atoms with van der Waals surface area (Å²) in [5.41, 5.74) is 8.18. The fourth-order valence-corrected chi connectivity index (χ4v) is 3.42. The number of hydroxylamine groups is 1. The van der Waals surface area contributed by atoms with E-state index in [2.05, 4.69) is 31.3 Å². The Morgan fingerprint density at radius 3 is 2.81 bits per heavy atom. The van der Waals surface area contributed by atoms with Crippen molar-refractivity contribution < 1.29 is 14.8 Å². The molecule has 0 heterocycles. The van der Waals surface area contributed by atoms with Crippen LogP contribution in [0, 0.1) is 5.41 Å². The van der Waals surface area contributed by atoms with Gasteiger partial charge >= 0.3 is 0 Å². The third kappa shape index (κ3) is 5.89. The van der Waals surface area contributed by atoms with Gasteiger partial charge in [0.05, 0.1) is 0 Å². The van der Waals surface area contributed by atoms with E-state index in [1.165, 1.54) is 41.6 Å². The van der Waals surface area contributed by atoms with E-state index < -0.39 is 5.91 Å². The minimum atomic E-state index is -0.635. The minimum Gasteiger partial charge on any atom is -0.288 e. The van der Waals surface area contributed by atoms with Crippen molar-refractivity contribution in [3.05, 3.63) is 52.6 Å². The molecule has 1 aromatic carbocycles. The first-order chi connectivity index (χ1) is 12.8. The minimum absolute atomic E-state index is 0.180. The molecule has 3 N–H and O–H groups in total. The molecular formula is C21H27N3O3. The van der Waals surface area contributed by atoms with Gasteiger partial charge in [0.2, 0.25) is 0 Å². The molecule has 1 aliphatic rings. The van der Waals surface area contributed by atoms with E-state index in [-0.39, 0.29) is 11.3 Å². The highest BCUT2D eigenvalue weighted by molar-refractivity contribution is 5.95. The topological polar surface area (TPSA) is 90.8 Å². The lowest BCUT2D eigenvalue weighted by Crippen LogP contribution is -2.21. The highest BCUT2D eigenvalue weighted by Gasteiger charge is 2.27. The molecule has 0 saturated heterocycles. The number of hydrazone groups is 1. The zero-order valence-corrected chi connectivity index (χ0v) is 16.1. The maximum atomic E-state index is 12.3. The molecule has 2 rings (SSSR count). The summed E-state index contributed by atoms with van der Waals surface area (Å²) in [6, 6.07) is 6.78. The van der Waals surface area contributed by atoms with Gasteiger partial charge in [-0.3, -0.25) is 14.8 Å². The third-order valence-electron chi connectivity index (χ3n) is 4.92. The molecular weight excluding hydrogens is 342 g/mol. The van der Waals surface area contributed by atoms with Crippen LogP contribution in [0.15, 0.2) is 46.6 Å². The number of hydrogen-bond donors (Lipinski definition) is 3.